The van der Waals surface area contributed by atoms with Gasteiger partial charge in [0.05, 0.1) is 6.04 Å². The minimum absolute atomic E-state index is 0.183. The predicted molar refractivity (Wildman–Crippen MR) is 103 cm³/mol. The number of rotatable bonds is 8. The summed E-state index contributed by atoms with van der Waals surface area (Å²) in [4.78, 5) is 38.8. The molecule has 0 aromatic rings. The molecule has 0 aliphatic rings. The predicted octanol–water partition coefficient (Wildman–Crippen LogP) is 0.394. The third kappa shape index (κ3) is 7.23. The summed E-state index contributed by atoms with van der Waals surface area (Å²) < 4.78 is 0. The van der Waals surface area contributed by atoms with Crippen molar-refractivity contribution in [2.24, 2.45) is 17.1 Å². The van der Waals surface area contributed by atoms with Gasteiger partial charge in [-0.3, -0.25) is 14.4 Å². The number of carbonyl (C=O) groups excluding carboxylic acids is 3. The molecule has 0 spiro atoms. The van der Waals surface area contributed by atoms with E-state index in [1.165, 1.54) is 4.90 Å². The van der Waals surface area contributed by atoms with Crippen molar-refractivity contribution in [3.8, 4) is 0 Å². The Balaban J connectivity index is 5.52. The molecule has 0 aliphatic heterocycles. The third-order valence-corrected chi connectivity index (χ3v) is 4.30. The van der Waals surface area contributed by atoms with Crippen molar-refractivity contribution in [1.82, 2.24) is 15.5 Å². The minimum Gasteiger partial charge on any atom is -0.357 e. The van der Waals surface area contributed by atoms with Crippen LogP contribution in [0.25, 0.3) is 0 Å². The van der Waals surface area contributed by atoms with E-state index in [4.69, 9.17) is 5.73 Å². The maximum atomic E-state index is 13.0. The Hall–Kier alpha value is -1.28. The molecular weight excluding hydrogens is 340 g/mol. The molecule has 0 aromatic heterocycles. The van der Waals surface area contributed by atoms with Crippen molar-refractivity contribution in [2.45, 2.75) is 59.2 Å². The van der Waals surface area contributed by atoms with Crippen molar-refractivity contribution >= 4 is 30.4 Å². The molecule has 0 bridgehead atoms. The zero-order valence-electron chi connectivity index (χ0n) is 16.4. The normalized spacial score (nSPS) is 15.3. The molecule has 0 saturated heterocycles. The summed E-state index contributed by atoms with van der Waals surface area (Å²) in [6.45, 7) is 9.60. The minimum atomic E-state index is -0.784. The van der Waals surface area contributed by atoms with Gasteiger partial charge in [0.1, 0.15) is 12.1 Å². The average Bonchev–Trinajstić information content (AvgIpc) is 2.50. The van der Waals surface area contributed by atoms with Crippen molar-refractivity contribution in [3.63, 3.8) is 0 Å². The zero-order valence-corrected chi connectivity index (χ0v) is 17.3. The lowest BCUT2D eigenvalue weighted by Crippen LogP contribution is -2.59. The number of thiol groups is 1. The van der Waals surface area contributed by atoms with Gasteiger partial charge in [-0.1, -0.05) is 34.6 Å². The highest BCUT2D eigenvalue weighted by Gasteiger charge is 2.39. The van der Waals surface area contributed by atoms with Gasteiger partial charge in [0, 0.05) is 19.8 Å². The molecule has 146 valence electrons. The van der Waals surface area contributed by atoms with Crippen molar-refractivity contribution in [3.05, 3.63) is 0 Å². The number of nitrogens with two attached hydrogens (primary N) is 1. The first-order valence-electron chi connectivity index (χ1n) is 8.51. The molecule has 0 saturated carbocycles. The number of carbonyl (C=O) groups is 3. The fourth-order valence-corrected chi connectivity index (χ4v) is 2.88. The smallest absolute Gasteiger partial charge is 0.245 e. The van der Waals surface area contributed by atoms with E-state index in [1.54, 1.807) is 14.1 Å². The molecule has 0 radical (unpaired) electrons. The van der Waals surface area contributed by atoms with E-state index in [2.05, 4.69) is 23.3 Å². The standard InChI is InChI=1S/C17H34N4O3S/c1-10(2)8-12(20-14(22)11(18)9-25)16(24)21(7)13(15(23)19-6)17(3,4)5/h10-13,25H,8-9,18H2,1-7H3,(H,19,23)(H,20,22)/t11-,12+,13-/m1/s1. The van der Waals surface area contributed by atoms with Gasteiger partial charge < -0.3 is 21.3 Å². The highest BCUT2D eigenvalue weighted by Crippen LogP contribution is 2.25. The highest BCUT2D eigenvalue weighted by atomic mass is 32.1. The molecule has 8 heteroatoms. The van der Waals surface area contributed by atoms with Crippen molar-refractivity contribution < 1.29 is 14.4 Å². The highest BCUT2D eigenvalue weighted by molar-refractivity contribution is 7.80. The Labute approximate surface area is 156 Å². The Morgan fingerprint density at radius 1 is 1.16 bits per heavy atom. The van der Waals surface area contributed by atoms with Crippen LogP contribution < -0.4 is 16.4 Å². The van der Waals surface area contributed by atoms with Gasteiger partial charge in [0.25, 0.3) is 0 Å². The Kier molecular flexibility index (Phi) is 9.50. The van der Waals surface area contributed by atoms with E-state index in [0.29, 0.717) is 6.42 Å². The van der Waals surface area contributed by atoms with Gasteiger partial charge >= 0.3 is 0 Å². The molecule has 0 aromatic carbocycles. The monoisotopic (exact) mass is 374 g/mol. The fourth-order valence-electron chi connectivity index (χ4n) is 2.71. The SMILES string of the molecule is CNC(=O)[C@@H](N(C)C(=O)[C@H](CC(C)C)NC(=O)[C@H](N)CS)C(C)(C)C. The van der Waals surface area contributed by atoms with Gasteiger partial charge in [-0.25, -0.2) is 0 Å². The first-order valence-corrected chi connectivity index (χ1v) is 9.15. The van der Waals surface area contributed by atoms with Crippen molar-refractivity contribution in [1.29, 1.82) is 0 Å². The number of likely N-dealkylation sites (N-methyl/N-ethyl adjacent to an activating group) is 2. The van der Waals surface area contributed by atoms with Gasteiger partial charge in [0.15, 0.2) is 0 Å². The molecule has 7 nitrogen and oxygen atoms in total. The van der Waals surface area contributed by atoms with Crippen LogP contribution >= 0.6 is 12.6 Å². The van der Waals surface area contributed by atoms with Gasteiger partial charge in [-0.15, -0.1) is 0 Å². The molecule has 0 rings (SSSR count). The van der Waals surface area contributed by atoms with Gasteiger partial charge in [0.2, 0.25) is 17.7 Å². The summed E-state index contributed by atoms with van der Waals surface area (Å²) in [5, 5.41) is 5.31. The van der Waals surface area contributed by atoms with E-state index < -0.39 is 29.4 Å². The number of nitrogens with zero attached hydrogens (tertiary/aromatic N) is 1. The van der Waals surface area contributed by atoms with Crippen LogP contribution in [0.3, 0.4) is 0 Å². The van der Waals surface area contributed by atoms with E-state index in [0.717, 1.165) is 0 Å². The van der Waals surface area contributed by atoms with Crippen LogP contribution in [0, 0.1) is 11.3 Å². The van der Waals surface area contributed by atoms with Crippen LogP contribution in [0.2, 0.25) is 0 Å². The molecule has 0 aliphatic carbocycles. The van der Waals surface area contributed by atoms with Crippen LogP contribution in [-0.4, -0.2) is 60.6 Å². The summed E-state index contributed by atoms with van der Waals surface area (Å²) >= 11 is 4.02. The van der Waals surface area contributed by atoms with Crippen LogP contribution in [0.1, 0.15) is 41.0 Å². The second kappa shape index (κ2) is 10.0. The van der Waals surface area contributed by atoms with E-state index in [-0.39, 0.29) is 23.5 Å². The molecule has 0 fully saturated rings. The summed E-state index contributed by atoms with van der Waals surface area (Å²) in [6.07, 6.45) is 0.457. The second-order valence-electron chi connectivity index (χ2n) is 7.81. The van der Waals surface area contributed by atoms with Crippen LogP contribution in [0.4, 0.5) is 0 Å². The molecular formula is C17H34N4O3S. The lowest BCUT2D eigenvalue weighted by atomic mass is 9.84. The quantitative estimate of drug-likeness (QED) is 0.461. The van der Waals surface area contributed by atoms with Crippen LogP contribution in [-0.2, 0) is 14.4 Å². The maximum absolute atomic E-state index is 13.0. The first kappa shape index (κ1) is 23.7. The molecule has 0 heterocycles. The topological polar surface area (TPSA) is 105 Å². The molecule has 3 amide bonds. The second-order valence-corrected chi connectivity index (χ2v) is 8.18. The summed E-state index contributed by atoms with van der Waals surface area (Å²) in [7, 11) is 3.13. The van der Waals surface area contributed by atoms with E-state index in [1.807, 2.05) is 34.6 Å². The largest absolute Gasteiger partial charge is 0.357 e. The van der Waals surface area contributed by atoms with Crippen LogP contribution in [0.5, 0.6) is 0 Å². The maximum Gasteiger partial charge on any atom is 0.245 e. The van der Waals surface area contributed by atoms with E-state index >= 15 is 0 Å². The lowest BCUT2D eigenvalue weighted by molar-refractivity contribution is -0.145. The lowest BCUT2D eigenvalue weighted by Gasteiger charge is -2.38. The van der Waals surface area contributed by atoms with Crippen molar-refractivity contribution in [2.75, 3.05) is 19.8 Å². The Bertz CT molecular complexity index is 477. The molecule has 4 N–H and O–H groups in total. The Morgan fingerprint density at radius 3 is 2.04 bits per heavy atom. The third-order valence-electron chi connectivity index (χ3n) is 3.91. The summed E-state index contributed by atoms with van der Waals surface area (Å²) in [5.74, 6) is -0.604. The number of nitrogens with one attached hydrogen (secondary N) is 2. The number of hydrogen-bond acceptors (Lipinski definition) is 5. The van der Waals surface area contributed by atoms with E-state index in [9.17, 15) is 14.4 Å². The first-order chi connectivity index (χ1) is 11.4. The average molecular weight is 375 g/mol. The van der Waals surface area contributed by atoms with Gasteiger partial charge in [-0.2, -0.15) is 12.6 Å². The zero-order chi connectivity index (χ0) is 19.9. The van der Waals surface area contributed by atoms with Gasteiger partial charge in [-0.05, 0) is 17.8 Å². The number of hydrogen-bond donors (Lipinski definition) is 4. The molecule has 0 unspecified atom stereocenters. The fraction of sp³-hybridized carbons (Fsp3) is 0.824. The number of amides is 3. The van der Waals surface area contributed by atoms with Crippen LogP contribution in [0.15, 0.2) is 0 Å². The summed E-state index contributed by atoms with van der Waals surface area (Å²) in [6, 6.07) is -2.18. The Morgan fingerprint density at radius 2 is 1.68 bits per heavy atom. The summed E-state index contributed by atoms with van der Waals surface area (Å²) in [5.41, 5.74) is 5.23. The molecule has 25 heavy (non-hydrogen) atoms. The molecule has 3 atom stereocenters.